The summed E-state index contributed by atoms with van der Waals surface area (Å²) >= 11 is 0. The Kier molecular flexibility index (Phi) is 3.70. The van der Waals surface area contributed by atoms with Crippen LogP contribution in [0.1, 0.15) is 16.8 Å². The van der Waals surface area contributed by atoms with Gasteiger partial charge in [0.2, 0.25) is 0 Å². The number of aromatic nitrogens is 2. The van der Waals surface area contributed by atoms with Crippen molar-refractivity contribution in [3.05, 3.63) is 53.5 Å². The average molecular weight is 254 g/mol. The fourth-order valence-electron chi connectivity index (χ4n) is 2.39. The van der Waals surface area contributed by atoms with Crippen molar-refractivity contribution >= 4 is 5.82 Å². The molecule has 0 radical (unpaired) electrons. The number of benzene rings is 1. The summed E-state index contributed by atoms with van der Waals surface area (Å²) in [6.07, 6.45) is 3.66. The van der Waals surface area contributed by atoms with Crippen LogP contribution in [0, 0.1) is 0 Å². The number of hydrogen-bond donors (Lipinski definition) is 2. The molecule has 0 saturated heterocycles. The molecule has 98 valence electrons. The van der Waals surface area contributed by atoms with Crippen molar-refractivity contribution in [2.24, 2.45) is 0 Å². The SMILES string of the molecule is c1ccc(CCNc2ncnc3c2CNCC3)cc1. The van der Waals surface area contributed by atoms with Crippen LogP contribution in [-0.2, 0) is 19.4 Å². The number of rotatable bonds is 4. The van der Waals surface area contributed by atoms with Crippen molar-refractivity contribution in [2.75, 3.05) is 18.4 Å². The molecule has 4 nitrogen and oxygen atoms in total. The highest BCUT2D eigenvalue weighted by Gasteiger charge is 2.14. The summed E-state index contributed by atoms with van der Waals surface area (Å²) < 4.78 is 0. The van der Waals surface area contributed by atoms with Gasteiger partial charge in [0.05, 0.1) is 5.69 Å². The van der Waals surface area contributed by atoms with Crippen LogP contribution in [-0.4, -0.2) is 23.1 Å². The Morgan fingerprint density at radius 1 is 1.16 bits per heavy atom. The van der Waals surface area contributed by atoms with Gasteiger partial charge >= 0.3 is 0 Å². The second-order valence-corrected chi connectivity index (χ2v) is 4.74. The van der Waals surface area contributed by atoms with Crippen LogP contribution < -0.4 is 10.6 Å². The fourth-order valence-corrected chi connectivity index (χ4v) is 2.39. The third-order valence-corrected chi connectivity index (χ3v) is 3.42. The minimum atomic E-state index is 0.865. The third-order valence-electron chi connectivity index (χ3n) is 3.42. The Hall–Kier alpha value is -1.94. The van der Waals surface area contributed by atoms with Gasteiger partial charge in [-0.3, -0.25) is 0 Å². The maximum absolute atomic E-state index is 4.36. The lowest BCUT2D eigenvalue weighted by Crippen LogP contribution is -2.26. The van der Waals surface area contributed by atoms with E-state index in [1.165, 1.54) is 16.8 Å². The topological polar surface area (TPSA) is 49.8 Å². The van der Waals surface area contributed by atoms with Crippen LogP contribution >= 0.6 is 0 Å². The van der Waals surface area contributed by atoms with Gasteiger partial charge in [-0.2, -0.15) is 0 Å². The van der Waals surface area contributed by atoms with Gasteiger partial charge in [0.1, 0.15) is 12.1 Å². The summed E-state index contributed by atoms with van der Waals surface area (Å²) in [7, 11) is 0. The predicted molar refractivity (Wildman–Crippen MR) is 76.1 cm³/mol. The summed E-state index contributed by atoms with van der Waals surface area (Å²) in [5.74, 6) is 0.980. The van der Waals surface area contributed by atoms with Crippen LogP contribution in [0.4, 0.5) is 5.82 Å². The van der Waals surface area contributed by atoms with Crippen molar-refractivity contribution in [2.45, 2.75) is 19.4 Å². The normalized spacial score (nSPS) is 13.9. The van der Waals surface area contributed by atoms with Gasteiger partial charge in [0, 0.05) is 31.6 Å². The molecule has 0 atom stereocenters. The summed E-state index contributed by atoms with van der Waals surface area (Å²) in [5, 5.41) is 6.80. The molecule has 0 unspecified atom stereocenters. The fraction of sp³-hybridized carbons (Fsp3) is 0.333. The van der Waals surface area contributed by atoms with E-state index in [9.17, 15) is 0 Å². The van der Waals surface area contributed by atoms with Crippen LogP contribution in [0.3, 0.4) is 0 Å². The molecule has 3 rings (SSSR count). The zero-order chi connectivity index (χ0) is 12.9. The lowest BCUT2D eigenvalue weighted by molar-refractivity contribution is 0.627. The summed E-state index contributed by atoms with van der Waals surface area (Å²) in [6, 6.07) is 10.5. The molecule has 1 aromatic heterocycles. The van der Waals surface area contributed by atoms with E-state index in [0.29, 0.717) is 0 Å². The minimum Gasteiger partial charge on any atom is -0.369 e. The molecule has 0 aliphatic carbocycles. The molecule has 1 aromatic carbocycles. The van der Waals surface area contributed by atoms with Gasteiger partial charge in [0.15, 0.2) is 0 Å². The molecule has 2 aromatic rings. The number of fused-ring (bicyclic) bond motifs is 1. The Bertz CT molecular complexity index is 539. The molecule has 19 heavy (non-hydrogen) atoms. The molecule has 2 N–H and O–H groups in total. The van der Waals surface area contributed by atoms with E-state index < -0.39 is 0 Å². The molecule has 1 aliphatic heterocycles. The molecule has 0 fully saturated rings. The highest BCUT2D eigenvalue weighted by atomic mass is 15.0. The first-order valence-corrected chi connectivity index (χ1v) is 6.75. The minimum absolute atomic E-state index is 0.865. The van der Waals surface area contributed by atoms with E-state index in [2.05, 4.69) is 44.9 Å². The van der Waals surface area contributed by atoms with Crippen molar-refractivity contribution in [3.8, 4) is 0 Å². The van der Waals surface area contributed by atoms with Crippen LogP contribution in [0.15, 0.2) is 36.7 Å². The number of hydrogen-bond acceptors (Lipinski definition) is 4. The van der Waals surface area contributed by atoms with Gasteiger partial charge in [-0.05, 0) is 12.0 Å². The van der Waals surface area contributed by atoms with Gasteiger partial charge in [-0.1, -0.05) is 30.3 Å². The maximum atomic E-state index is 4.36. The smallest absolute Gasteiger partial charge is 0.134 e. The van der Waals surface area contributed by atoms with Crippen molar-refractivity contribution in [1.82, 2.24) is 15.3 Å². The van der Waals surface area contributed by atoms with E-state index in [1.54, 1.807) is 6.33 Å². The monoisotopic (exact) mass is 254 g/mol. The van der Waals surface area contributed by atoms with E-state index in [4.69, 9.17) is 0 Å². The van der Waals surface area contributed by atoms with Crippen LogP contribution in [0.25, 0.3) is 0 Å². The van der Waals surface area contributed by atoms with Crippen molar-refractivity contribution in [3.63, 3.8) is 0 Å². The van der Waals surface area contributed by atoms with Crippen LogP contribution in [0.5, 0.6) is 0 Å². The van der Waals surface area contributed by atoms with Crippen molar-refractivity contribution < 1.29 is 0 Å². The van der Waals surface area contributed by atoms with E-state index in [-0.39, 0.29) is 0 Å². The molecular formula is C15H18N4. The number of nitrogens with one attached hydrogen (secondary N) is 2. The second-order valence-electron chi connectivity index (χ2n) is 4.74. The zero-order valence-corrected chi connectivity index (χ0v) is 10.9. The highest BCUT2D eigenvalue weighted by Crippen LogP contribution is 2.18. The maximum Gasteiger partial charge on any atom is 0.134 e. The predicted octanol–water partition coefficient (Wildman–Crippen LogP) is 1.78. The second kappa shape index (κ2) is 5.80. The molecule has 0 amide bonds. The van der Waals surface area contributed by atoms with E-state index in [1.807, 2.05) is 6.07 Å². The van der Waals surface area contributed by atoms with Crippen molar-refractivity contribution in [1.29, 1.82) is 0 Å². The largest absolute Gasteiger partial charge is 0.369 e. The average Bonchev–Trinajstić information content (AvgIpc) is 2.49. The quantitative estimate of drug-likeness (QED) is 0.873. The van der Waals surface area contributed by atoms with Gasteiger partial charge in [-0.15, -0.1) is 0 Å². The van der Waals surface area contributed by atoms with Gasteiger partial charge in [-0.25, -0.2) is 9.97 Å². The molecule has 1 aliphatic rings. The lowest BCUT2D eigenvalue weighted by Gasteiger charge is -2.19. The van der Waals surface area contributed by atoms with Gasteiger partial charge < -0.3 is 10.6 Å². The van der Waals surface area contributed by atoms with Crippen LogP contribution in [0.2, 0.25) is 0 Å². The number of anilines is 1. The first kappa shape index (κ1) is 12.1. The molecule has 0 saturated carbocycles. The first-order valence-electron chi connectivity index (χ1n) is 6.75. The first-order chi connectivity index (χ1) is 9.43. The summed E-state index contributed by atoms with van der Waals surface area (Å²) in [6.45, 7) is 2.77. The Morgan fingerprint density at radius 2 is 2.05 bits per heavy atom. The Balaban J connectivity index is 1.64. The summed E-state index contributed by atoms with van der Waals surface area (Å²) in [5.41, 5.74) is 3.74. The Morgan fingerprint density at radius 3 is 2.95 bits per heavy atom. The number of nitrogens with zero attached hydrogens (tertiary/aromatic N) is 2. The summed E-state index contributed by atoms with van der Waals surface area (Å²) in [4.78, 5) is 8.72. The molecule has 0 bridgehead atoms. The van der Waals surface area contributed by atoms with E-state index in [0.717, 1.165) is 38.3 Å². The molecule has 2 heterocycles. The Labute approximate surface area is 113 Å². The standard InChI is InChI=1S/C15H18N4/c1-2-4-12(5-3-1)6-9-17-15-13-10-16-8-7-14(13)18-11-19-15/h1-5,11,16H,6-10H2,(H,17,18,19). The molecular weight excluding hydrogens is 236 g/mol. The highest BCUT2D eigenvalue weighted by molar-refractivity contribution is 5.46. The zero-order valence-electron chi connectivity index (χ0n) is 10.9. The third kappa shape index (κ3) is 2.90. The van der Waals surface area contributed by atoms with Gasteiger partial charge in [0.25, 0.3) is 0 Å². The lowest BCUT2D eigenvalue weighted by atomic mass is 10.1. The molecule has 4 heteroatoms. The molecule has 0 spiro atoms. The van der Waals surface area contributed by atoms with E-state index >= 15 is 0 Å².